The number of H-pyrrole nitrogens is 1. The lowest BCUT2D eigenvalue weighted by Gasteiger charge is -2.26. The molecule has 1 aromatic heterocycles. The maximum Gasteiger partial charge on any atom is 0.239 e. The van der Waals surface area contributed by atoms with Gasteiger partial charge in [-0.1, -0.05) is 0 Å². The molecule has 0 radical (unpaired) electrons. The number of aromatic amines is 1. The number of hydrogen-bond donors (Lipinski definition) is 2. The lowest BCUT2D eigenvalue weighted by molar-refractivity contribution is -0.133. The van der Waals surface area contributed by atoms with Crippen LogP contribution in [0.1, 0.15) is 42.8 Å². The zero-order valence-electron chi connectivity index (χ0n) is 10.7. The monoisotopic (exact) mass is 236 g/mol. The summed E-state index contributed by atoms with van der Waals surface area (Å²) in [5.74, 6) is 0.0347. The average Bonchev–Trinajstić information content (AvgIpc) is 2.84. The summed E-state index contributed by atoms with van der Waals surface area (Å²) in [7, 11) is 0. The largest absolute Gasteiger partial charge is 0.334 e. The van der Waals surface area contributed by atoms with Gasteiger partial charge in [0.1, 0.15) is 0 Å². The lowest BCUT2D eigenvalue weighted by atomic mass is 10.0. The highest BCUT2D eigenvalue weighted by atomic mass is 16.2. The fourth-order valence-corrected chi connectivity index (χ4v) is 2.64. The molecule has 1 aliphatic rings. The van der Waals surface area contributed by atoms with Crippen molar-refractivity contribution in [1.29, 1.82) is 0 Å². The third-order valence-electron chi connectivity index (χ3n) is 3.44. The van der Waals surface area contributed by atoms with Gasteiger partial charge in [-0.05, 0) is 33.6 Å². The Morgan fingerprint density at radius 2 is 2.29 bits per heavy atom. The molecule has 5 heteroatoms. The molecule has 0 aliphatic carbocycles. The minimum absolute atomic E-state index is 0.0347. The molecular formula is C12H20N4O. The van der Waals surface area contributed by atoms with E-state index < -0.39 is 6.04 Å². The summed E-state index contributed by atoms with van der Waals surface area (Å²) in [6, 6.07) is -0.282. The normalized spacial score (nSPS) is 21.9. The first-order valence-corrected chi connectivity index (χ1v) is 6.10. The van der Waals surface area contributed by atoms with E-state index in [9.17, 15) is 4.79 Å². The molecule has 1 amide bonds. The van der Waals surface area contributed by atoms with Crippen molar-refractivity contribution >= 4 is 5.91 Å². The molecule has 2 atom stereocenters. The molecule has 2 heterocycles. The van der Waals surface area contributed by atoms with Crippen molar-refractivity contribution in [2.24, 2.45) is 5.73 Å². The van der Waals surface area contributed by atoms with Crippen LogP contribution in [0.3, 0.4) is 0 Å². The molecule has 17 heavy (non-hydrogen) atoms. The van der Waals surface area contributed by atoms with Crippen LogP contribution in [-0.4, -0.2) is 33.6 Å². The van der Waals surface area contributed by atoms with E-state index in [1.54, 1.807) is 6.92 Å². The summed E-state index contributed by atoms with van der Waals surface area (Å²) < 4.78 is 0. The summed E-state index contributed by atoms with van der Waals surface area (Å²) in [4.78, 5) is 13.9. The Morgan fingerprint density at radius 1 is 1.59 bits per heavy atom. The van der Waals surface area contributed by atoms with Crippen LogP contribution in [0, 0.1) is 13.8 Å². The molecule has 1 aliphatic heterocycles. The van der Waals surface area contributed by atoms with Gasteiger partial charge in [0, 0.05) is 17.8 Å². The molecule has 3 N–H and O–H groups in total. The van der Waals surface area contributed by atoms with Gasteiger partial charge in [0.05, 0.1) is 17.8 Å². The van der Waals surface area contributed by atoms with Crippen LogP contribution in [0.4, 0.5) is 0 Å². The van der Waals surface area contributed by atoms with Crippen molar-refractivity contribution in [2.75, 3.05) is 6.54 Å². The number of hydrogen-bond acceptors (Lipinski definition) is 3. The van der Waals surface area contributed by atoms with Gasteiger partial charge in [-0.15, -0.1) is 0 Å². The number of aromatic nitrogens is 2. The Labute approximate surface area is 101 Å². The van der Waals surface area contributed by atoms with E-state index in [0.717, 1.165) is 36.3 Å². The second-order valence-corrected chi connectivity index (χ2v) is 4.83. The number of nitrogens with two attached hydrogens (primary N) is 1. The molecular weight excluding hydrogens is 216 g/mol. The fourth-order valence-electron chi connectivity index (χ4n) is 2.64. The Bertz CT molecular complexity index is 405. The first-order valence-electron chi connectivity index (χ1n) is 6.10. The van der Waals surface area contributed by atoms with E-state index >= 15 is 0 Å². The maximum atomic E-state index is 12.0. The van der Waals surface area contributed by atoms with Crippen LogP contribution in [0.5, 0.6) is 0 Å². The van der Waals surface area contributed by atoms with Crippen molar-refractivity contribution in [1.82, 2.24) is 15.1 Å². The zero-order valence-corrected chi connectivity index (χ0v) is 10.7. The van der Waals surface area contributed by atoms with E-state index in [1.807, 2.05) is 18.7 Å². The van der Waals surface area contributed by atoms with E-state index in [2.05, 4.69) is 10.2 Å². The number of likely N-dealkylation sites (tertiary alicyclic amines) is 1. The van der Waals surface area contributed by atoms with Gasteiger partial charge in [-0.3, -0.25) is 9.89 Å². The van der Waals surface area contributed by atoms with Crippen molar-refractivity contribution in [3.05, 3.63) is 17.0 Å². The van der Waals surface area contributed by atoms with Gasteiger partial charge in [-0.25, -0.2) is 0 Å². The number of carbonyl (C=O) groups is 1. The molecule has 2 rings (SSSR count). The number of carbonyl (C=O) groups excluding carboxylic acids is 1. The predicted molar refractivity (Wildman–Crippen MR) is 65.4 cm³/mol. The molecule has 5 nitrogen and oxygen atoms in total. The fraction of sp³-hybridized carbons (Fsp3) is 0.667. The molecule has 0 bridgehead atoms. The van der Waals surface area contributed by atoms with Crippen LogP contribution >= 0.6 is 0 Å². The number of nitrogens with one attached hydrogen (secondary N) is 1. The number of aryl methyl sites for hydroxylation is 2. The van der Waals surface area contributed by atoms with E-state index in [1.165, 1.54) is 0 Å². The van der Waals surface area contributed by atoms with Crippen molar-refractivity contribution in [3.8, 4) is 0 Å². The molecule has 0 unspecified atom stereocenters. The molecule has 1 saturated heterocycles. The summed E-state index contributed by atoms with van der Waals surface area (Å²) >= 11 is 0. The highest BCUT2D eigenvalue weighted by Gasteiger charge is 2.33. The molecule has 0 aromatic carbocycles. The average molecular weight is 236 g/mol. The summed E-state index contributed by atoms with van der Waals surface area (Å²) in [6.07, 6.45) is 2.03. The van der Waals surface area contributed by atoms with Gasteiger partial charge < -0.3 is 10.6 Å². The Balaban J connectivity index is 2.29. The van der Waals surface area contributed by atoms with Gasteiger partial charge in [0.2, 0.25) is 5.91 Å². The summed E-state index contributed by atoms with van der Waals surface area (Å²) in [5.41, 5.74) is 8.89. The van der Waals surface area contributed by atoms with Gasteiger partial charge >= 0.3 is 0 Å². The van der Waals surface area contributed by atoms with Crippen molar-refractivity contribution in [3.63, 3.8) is 0 Å². The minimum Gasteiger partial charge on any atom is -0.334 e. The molecule has 1 fully saturated rings. The predicted octanol–water partition coefficient (Wildman–Crippen LogP) is 1.04. The SMILES string of the molecule is Cc1n[nH]c(C)c1[C@@H]1CCCN1C(=O)[C@H](C)N. The minimum atomic E-state index is -0.428. The van der Waals surface area contributed by atoms with Crippen molar-refractivity contribution < 1.29 is 4.79 Å². The van der Waals surface area contributed by atoms with Crippen LogP contribution in [0.15, 0.2) is 0 Å². The molecule has 94 valence electrons. The Hall–Kier alpha value is -1.36. The summed E-state index contributed by atoms with van der Waals surface area (Å²) in [6.45, 7) is 6.52. The highest BCUT2D eigenvalue weighted by molar-refractivity contribution is 5.82. The first kappa shape index (κ1) is 12.1. The van der Waals surface area contributed by atoms with Crippen LogP contribution in [0.2, 0.25) is 0 Å². The van der Waals surface area contributed by atoms with Gasteiger partial charge in [0.15, 0.2) is 0 Å². The Morgan fingerprint density at radius 3 is 2.82 bits per heavy atom. The third-order valence-corrected chi connectivity index (χ3v) is 3.44. The molecule has 1 aromatic rings. The quantitative estimate of drug-likeness (QED) is 0.805. The van der Waals surface area contributed by atoms with E-state index in [0.29, 0.717) is 0 Å². The lowest BCUT2D eigenvalue weighted by Crippen LogP contribution is -2.41. The third kappa shape index (κ3) is 2.07. The molecule has 0 spiro atoms. The van der Waals surface area contributed by atoms with E-state index in [-0.39, 0.29) is 11.9 Å². The topological polar surface area (TPSA) is 75.0 Å². The Kier molecular flexibility index (Phi) is 3.19. The molecule has 0 saturated carbocycles. The highest BCUT2D eigenvalue weighted by Crippen LogP contribution is 2.34. The van der Waals surface area contributed by atoms with Gasteiger partial charge in [-0.2, -0.15) is 5.10 Å². The van der Waals surface area contributed by atoms with Crippen LogP contribution < -0.4 is 5.73 Å². The smallest absolute Gasteiger partial charge is 0.239 e. The number of amides is 1. The van der Waals surface area contributed by atoms with Gasteiger partial charge in [0.25, 0.3) is 0 Å². The van der Waals surface area contributed by atoms with E-state index in [4.69, 9.17) is 5.73 Å². The van der Waals surface area contributed by atoms with Crippen LogP contribution in [-0.2, 0) is 4.79 Å². The van der Waals surface area contributed by atoms with Crippen molar-refractivity contribution in [2.45, 2.75) is 45.7 Å². The zero-order chi connectivity index (χ0) is 12.6. The number of nitrogens with zero attached hydrogens (tertiary/aromatic N) is 2. The standard InChI is InChI=1S/C12H20N4O/c1-7(13)12(17)16-6-4-5-10(16)11-8(2)14-15-9(11)3/h7,10H,4-6,13H2,1-3H3,(H,14,15)/t7-,10-/m0/s1. The second kappa shape index (κ2) is 4.49. The first-order chi connectivity index (χ1) is 8.02. The number of rotatable bonds is 2. The maximum absolute atomic E-state index is 12.0. The second-order valence-electron chi connectivity index (χ2n) is 4.83. The van der Waals surface area contributed by atoms with Crippen LogP contribution in [0.25, 0.3) is 0 Å². The summed E-state index contributed by atoms with van der Waals surface area (Å²) in [5, 5.41) is 7.19.